The van der Waals surface area contributed by atoms with Crippen molar-refractivity contribution in [1.82, 2.24) is 16.0 Å². The van der Waals surface area contributed by atoms with E-state index in [2.05, 4.69) is 16.0 Å². The van der Waals surface area contributed by atoms with Crippen molar-refractivity contribution < 1.29 is 24.3 Å². The molecule has 0 spiro atoms. The Kier molecular flexibility index (Phi) is 10.9. The van der Waals surface area contributed by atoms with Crippen LogP contribution in [-0.2, 0) is 32.0 Å². The van der Waals surface area contributed by atoms with Crippen LogP contribution in [0.2, 0.25) is 0 Å². The van der Waals surface area contributed by atoms with Crippen LogP contribution in [0.15, 0.2) is 60.7 Å². The van der Waals surface area contributed by atoms with Gasteiger partial charge in [-0.05, 0) is 17.0 Å². The molecule has 188 valence electrons. The van der Waals surface area contributed by atoms with Crippen molar-refractivity contribution >= 4 is 23.7 Å². The van der Waals surface area contributed by atoms with Gasteiger partial charge >= 0.3 is 5.97 Å². The highest BCUT2D eigenvalue weighted by Gasteiger charge is 2.31. The van der Waals surface area contributed by atoms with E-state index in [4.69, 9.17) is 5.73 Å². The van der Waals surface area contributed by atoms with E-state index in [1.807, 2.05) is 67.6 Å². The first-order chi connectivity index (χ1) is 16.7. The molecule has 9 nitrogen and oxygen atoms in total. The quantitative estimate of drug-likeness (QED) is 0.288. The largest absolute Gasteiger partial charge is 0.480 e. The summed E-state index contributed by atoms with van der Waals surface area (Å²) < 4.78 is 0. The predicted octanol–water partition coefficient (Wildman–Crippen LogP) is 1.02. The summed E-state index contributed by atoms with van der Waals surface area (Å²) in [6.45, 7) is 3.29. The molecule has 0 radical (unpaired) electrons. The maximum absolute atomic E-state index is 13.3. The molecule has 0 heterocycles. The molecule has 0 fully saturated rings. The van der Waals surface area contributed by atoms with Gasteiger partial charge in [0, 0.05) is 12.8 Å². The predicted molar refractivity (Wildman–Crippen MR) is 132 cm³/mol. The van der Waals surface area contributed by atoms with Crippen LogP contribution in [0.5, 0.6) is 0 Å². The van der Waals surface area contributed by atoms with Gasteiger partial charge in [0.1, 0.15) is 18.1 Å². The zero-order valence-electron chi connectivity index (χ0n) is 20.1. The Morgan fingerprint density at radius 3 is 1.69 bits per heavy atom. The number of aliphatic carboxylic acids is 1. The fraction of sp³-hybridized carbons (Fsp3) is 0.385. The highest BCUT2D eigenvalue weighted by atomic mass is 16.4. The molecule has 0 aliphatic rings. The van der Waals surface area contributed by atoms with E-state index in [-0.39, 0.29) is 25.3 Å². The molecule has 2 aromatic rings. The summed E-state index contributed by atoms with van der Waals surface area (Å²) in [5.74, 6) is -3.14. The Hall–Kier alpha value is -3.72. The van der Waals surface area contributed by atoms with Crippen molar-refractivity contribution in [3.05, 3.63) is 71.8 Å². The second kappa shape index (κ2) is 13.9. The number of carboxylic acid groups (broad SMARTS) is 1. The third-order valence-corrected chi connectivity index (χ3v) is 5.81. The molecule has 2 rings (SSSR count). The average molecular weight is 483 g/mol. The van der Waals surface area contributed by atoms with E-state index in [0.29, 0.717) is 6.42 Å². The van der Waals surface area contributed by atoms with Gasteiger partial charge in [-0.15, -0.1) is 0 Å². The Morgan fingerprint density at radius 1 is 0.800 bits per heavy atom. The molecule has 0 aliphatic carbocycles. The smallest absolute Gasteiger partial charge is 0.326 e. The maximum Gasteiger partial charge on any atom is 0.326 e. The Balaban J connectivity index is 2.27. The number of nitrogens with two attached hydrogens (primary N) is 1. The number of hydrogen-bond acceptors (Lipinski definition) is 5. The molecule has 0 saturated carbocycles. The van der Waals surface area contributed by atoms with Gasteiger partial charge < -0.3 is 26.8 Å². The topological polar surface area (TPSA) is 151 Å². The van der Waals surface area contributed by atoms with E-state index in [0.717, 1.165) is 11.1 Å². The molecular formula is C26H34N4O5. The minimum atomic E-state index is -1.14. The molecule has 3 amide bonds. The van der Waals surface area contributed by atoms with Gasteiger partial charge in [0.05, 0.1) is 6.54 Å². The monoisotopic (exact) mass is 482 g/mol. The molecule has 9 heteroatoms. The fourth-order valence-electron chi connectivity index (χ4n) is 3.58. The normalized spacial score (nSPS) is 14.1. The summed E-state index contributed by atoms with van der Waals surface area (Å²) in [7, 11) is 0. The van der Waals surface area contributed by atoms with Gasteiger partial charge in [0.2, 0.25) is 17.7 Å². The van der Waals surface area contributed by atoms with Crippen LogP contribution in [0.1, 0.15) is 31.4 Å². The van der Waals surface area contributed by atoms with Gasteiger partial charge in [0.15, 0.2) is 0 Å². The molecular weight excluding hydrogens is 448 g/mol. The Labute approximate surface area is 205 Å². The fourth-order valence-corrected chi connectivity index (χ4v) is 3.58. The molecule has 0 aliphatic heterocycles. The number of amides is 3. The van der Waals surface area contributed by atoms with E-state index < -0.39 is 41.8 Å². The van der Waals surface area contributed by atoms with Crippen LogP contribution >= 0.6 is 0 Å². The van der Waals surface area contributed by atoms with Crippen LogP contribution in [0, 0.1) is 5.92 Å². The van der Waals surface area contributed by atoms with E-state index in [1.165, 1.54) is 0 Å². The minimum Gasteiger partial charge on any atom is -0.480 e. The average Bonchev–Trinajstić information content (AvgIpc) is 2.86. The number of nitrogens with one attached hydrogen (secondary N) is 3. The molecule has 4 unspecified atom stereocenters. The number of carbonyl (C=O) groups is 4. The van der Waals surface area contributed by atoms with E-state index in [1.54, 1.807) is 6.92 Å². The standard InChI is InChI=1S/C26H34N4O5/c1-3-17(2)23(26(34)35)30-25(33)21(15-19-12-8-5-9-13-19)29-24(32)20(28-22(31)16-27)14-18-10-6-4-7-11-18/h4-13,17,20-21,23H,3,14-16,27H2,1-2H3,(H,28,31)(H,29,32)(H,30,33)(H,34,35). The van der Waals surface area contributed by atoms with Crippen LogP contribution in [0.4, 0.5) is 0 Å². The molecule has 0 saturated heterocycles. The molecule has 2 aromatic carbocycles. The van der Waals surface area contributed by atoms with Gasteiger partial charge in [0.25, 0.3) is 0 Å². The second-order valence-electron chi connectivity index (χ2n) is 8.47. The number of benzene rings is 2. The summed E-state index contributed by atoms with van der Waals surface area (Å²) >= 11 is 0. The Morgan fingerprint density at radius 2 is 1.26 bits per heavy atom. The van der Waals surface area contributed by atoms with Crippen LogP contribution in [0.25, 0.3) is 0 Å². The lowest BCUT2D eigenvalue weighted by atomic mass is 9.98. The number of rotatable bonds is 13. The highest BCUT2D eigenvalue weighted by Crippen LogP contribution is 2.11. The third-order valence-electron chi connectivity index (χ3n) is 5.81. The molecule has 0 aromatic heterocycles. The lowest BCUT2D eigenvalue weighted by Crippen LogP contribution is -2.58. The first-order valence-corrected chi connectivity index (χ1v) is 11.7. The summed E-state index contributed by atoms with van der Waals surface area (Å²) in [5, 5.41) is 17.5. The van der Waals surface area contributed by atoms with E-state index >= 15 is 0 Å². The van der Waals surface area contributed by atoms with Gasteiger partial charge in [-0.3, -0.25) is 14.4 Å². The molecule has 35 heavy (non-hydrogen) atoms. The van der Waals surface area contributed by atoms with Crippen LogP contribution < -0.4 is 21.7 Å². The second-order valence-corrected chi connectivity index (χ2v) is 8.47. The molecule has 0 bridgehead atoms. The first-order valence-electron chi connectivity index (χ1n) is 11.7. The van der Waals surface area contributed by atoms with Gasteiger partial charge in [-0.2, -0.15) is 0 Å². The van der Waals surface area contributed by atoms with Crippen molar-refractivity contribution in [2.24, 2.45) is 11.7 Å². The summed E-state index contributed by atoms with van der Waals surface area (Å²) in [6, 6.07) is 15.1. The van der Waals surface area contributed by atoms with Crippen molar-refractivity contribution in [3.8, 4) is 0 Å². The van der Waals surface area contributed by atoms with Gasteiger partial charge in [-0.25, -0.2) is 4.79 Å². The zero-order valence-corrected chi connectivity index (χ0v) is 20.1. The van der Waals surface area contributed by atoms with Crippen molar-refractivity contribution in [3.63, 3.8) is 0 Å². The third kappa shape index (κ3) is 8.86. The van der Waals surface area contributed by atoms with Crippen molar-refractivity contribution in [2.45, 2.75) is 51.2 Å². The number of carbonyl (C=O) groups excluding carboxylic acids is 3. The SMILES string of the molecule is CCC(C)C(NC(=O)C(Cc1ccccc1)NC(=O)C(Cc1ccccc1)NC(=O)CN)C(=O)O. The van der Waals surface area contributed by atoms with Crippen LogP contribution in [-0.4, -0.2) is 53.5 Å². The highest BCUT2D eigenvalue weighted by molar-refractivity contribution is 5.94. The number of carboxylic acids is 1. The lowest BCUT2D eigenvalue weighted by Gasteiger charge is -2.26. The summed E-state index contributed by atoms with van der Waals surface area (Å²) in [6.07, 6.45) is 0.897. The maximum atomic E-state index is 13.3. The molecule has 4 atom stereocenters. The minimum absolute atomic E-state index is 0.147. The van der Waals surface area contributed by atoms with Crippen molar-refractivity contribution in [1.29, 1.82) is 0 Å². The summed E-state index contributed by atoms with van der Waals surface area (Å²) in [5.41, 5.74) is 7.03. The number of hydrogen-bond donors (Lipinski definition) is 5. The zero-order chi connectivity index (χ0) is 25.8. The molecule has 6 N–H and O–H groups in total. The van der Waals surface area contributed by atoms with Gasteiger partial charge in [-0.1, -0.05) is 80.9 Å². The summed E-state index contributed by atoms with van der Waals surface area (Å²) in [4.78, 5) is 50.2. The van der Waals surface area contributed by atoms with E-state index in [9.17, 15) is 24.3 Å². The lowest BCUT2D eigenvalue weighted by molar-refractivity contribution is -0.143. The Bertz CT molecular complexity index is 984. The van der Waals surface area contributed by atoms with Crippen LogP contribution in [0.3, 0.4) is 0 Å². The first kappa shape index (κ1) is 27.5. The van der Waals surface area contributed by atoms with Crippen molar-refractivity contribution in [2.75, 3.05) is 6.54 Å².